The Morgan fingerprint density at radius 2 is 1.60 bits per heavy atom. The normalized spacial score (nSPS) is 12.0. The van der Waals surface area contributed by atoms with Gasteiger partial charge in [0, 0.05) is 17.1 Å². The van der Waals surface area contributed by atoms with Gasteiger partial charge in [-0.2, -0.15) is 0 Å². The molecule has 0 saturated carbocycles. The van der Waals surface area contributed by atoms with E-state index in [1.165, 1.54) is 0 Å². The molecule has 0 saturated heterocycles. The molecule has 6 heteroatoms. The zero-order valence-electron chi connectivity index (χ0n) is 16.6. The summed E-state index contributed by atoms with van der Waals surface area (Å²) in [5, 5.41) is 0.541. The maximum absolute atomic E-state index is 13.4. The SMILES string of the molecule is CC(c1nc2ccccc2c(=O)n1-c1ccccc1)N(C)C(=O)c1ccc(Br)cc1. The van der Waals surface area contributed by atoms with Crippen LogP contribution in [-0.2, 0) is 0 Å². The van der Waals surface area contributed by atoms with Gasteiger partial charge in [0.05, 0.1) is 22.6 Å². The van der Waals surface area contributed by atoms with Crippen molar-refractivity contribution in [3.8, 4) is 5.69 Å². The van der Waals surface area contributed by atoms with Crippen LogP contribution < -0.4 is 5.56 Å². The van der Waals surface area contributed by atoms with Gasteiger partial charge in [0.25, 0.3) is 11.5 Å². The standard InChI is InChI=1S/C24H20BrN3O2/c1-16(27(2)23(29)17-12-14-18(25)15-13-17)22-26-21-11-7-6-10-20(21)24(30)28(22)19-8-4-3-5-9-19/h3-16H,1-2H3. The van der Waals surface area contributed by atoms with Gasteiger partial charge in [0.1, 0.15) is 5.82 Å². The van der Waals surface area contributed by atoms with E-state index >= 15 is 0 Å². The van der Waals surface area contributed by atoms with Crippen LogP contribution in [0.1, 0.15) is 29.1 Å². The van der Waals surface area contributed by atoms with E-state index in [4.69, 9.17) is 4.98 Å². The van der Waals surface area contributed by atoms with Gasteiger partial charge in [-0.1, -0.05) is 46.3 Å². The number of aromatic nitrogens is 2. The number of hydrogen-bond acceptors (Lipinski definition) is 3. The number of para-hydroxylation sites is 2. The molecule has 1 amide bonds. The summed E-state index contributed by atoms with van der Waals surface area (Å²) >= 11 is 3.39. The Morgan fingerprint density at radius 1 is 0.967 bits per heavy atom. The fraction of sp³-hybridized carbons (Fsp3) is 0.125. The Morgan fingerprint density at radius 3 is 2.30 bits per heavy atom. The second-order valence-electron chi connectivity index (χ2n) is 7.06. The molecule has 1 aromatic heterocycles. The molecule has 1 unspecified atom stereocenters. The van der Waals surface area contributed by atoms with Crippen molar-refractivity contribution in [3.05, 3.63) is 105 Å². The first-order valence-corrected chi connectivity index (χ1v) is 10.4. The van der Waals surface area contributed by atoms with Gasteiger partial charge in [-0.25, -0.2) is 4.98 Å². The van der Waals surface area contributed by atoms with Crippen LogP contribution in [0.15, 0.2) is 88.1 Å². The number of amides is 1. The van der Waals surface area contributed by atoms with Crippen molar-refractivity contribution in [2.24, 2.45) is 0 Å². The highest BCUT2D eigenvalue weighted by atomic mass is 79.9. The topological polar surface area (TPSA) is 55.2 Å². The van der Waals surface area contributed by atoms with Crippen molar-refractivity contribution in [2.75, 3.05) is 7.05 Å². The first-order valence-electron chi connectivity index (χ1n) is 9.57. The minimum Gasteiger partial charge on any atom is -0.332 e. The lowest BCUT2D eigenvalue weighted by atomic mass is 10.1. The monoisotopic (exact) mass is 461 g/mol. The first-order chi connectivity index (χ1) is 14.5. The molecule has 1 heterocycles. The average Bonchev–Trinajstić information content (AvgIpc) is 2.78. The number of hydrogen-bond donors (Lipinski definition) is 0. The lowest BCUT2D eigenvalue weighted by Crippen LogP contribution is -2.34. The highest BCUT2D eigenvalue weighted by molar-refractivity contribution is 9.10. The van der Waals surface area contributed by atoms with Crippen molar-refractivity contribution in [3.63, 3.8) is 0 Å². The van der Waals surface area contributed by atoms with E-state index in [-0.39, 0.29) is 11.5 Å². The largest absolute Gasteiger partial charge is 0.332 e. The van der Waals surface area contributed by atoms with Crippen LogP contribution >= 0.6 is 15.9 Å². The molecule has 3 aromatic carbocycles. The third kappa shape index (κ3) is 3.66. The number of carbonyl (C=O) groups excluding carboxylic acids is 1. The zero-order valence-corrected chi connectivity index (χ0v) is 18.2. The quantitative estimate of drug-likeness (QED) is 0.430. The van der Waals surface area contributed by atoms with Crippen molar-refractivity contribution < 1.29 is 4.79 Å². The maximum atomic E-state index is 13.4. The number of fused-ring (bicyclic) bond motifs is 1. The molecular weight excluding hydrogens is 442 g/mol. The predicted octanol–water partition coefficient (Wildman–Crippen LogP) is 4.98. The minimum atomic E-state index is -0.432. The van der Waals surface area contributed by atoms with Gasteiger partial charge in [0.2, 0.25) is 0 Å². The lowest BCUT2D eigenvalue weighted by Gasteiger charge is -2.27. The van der Waals surface area contributed by atoms with E-state index < -0.39 is 6.04 Å². The molecule has 0 radical (unpaired) electrons. The van der Waals surface area contributed by atoms with E-state index in [0.29, 0.717) is 28.0 Å². The molecule has 30 heavy (non-hydrogen) atoms. The Hall–Kier alpha value is -3.25. The van der Waals surface area contributed by atoms with Crippen LogP contribution in [0.3, 0.4) is 0 Å². The molecule has 150 valence electrons. The number of carbonyl (C=O) groups is 1. The molecule has 0 aliphatic rings. The highest BCUT2D eigenvalue weighted by Gasteiger charge is 2.24. The van der Waals surface area contributed by atoms with Gasteiger partial charge in [0.15, 0.2) is 0 Å². The molecule has 4 rings (SSSR count). The Kier molecular flexibility index (Phi) is 5.50. The molecule has 0 fully saturated rings. The van der Waals surface area contributed by atoms with Gasteiger partial charge in [-0.3, -0.25) is 14.2 Å². The summed E-state index contributed by atoms with van der Waals surface area (Å²) in [6, 6.07) is 23.4. The summed E-state index contributed by atoms with van der Waals surface area (Å²) in [6.45, 7) is 1.88. The third-order valence-corrected chi connectivity index (χ3v) is 5.71. The summed E-state index contributed by atoms with van der Waals surface area (Å²) in [5.41, 5.74) is 1.74. The van der Waals surface area contributed by atoms with Gasteiger partial charge in [-0.15, -0.1) is 0 Å². The molecule has 0 N–H and O–H groups in total. The van der Waals surface area contributed by atoms with Crippen LogP contribution in [0.4, 0.5) is 0 Å². The lowest BCUT2D eigenvalue weighted by molar-refractivity contribution is 0.0735. The Bertz CT molecular complexity index is 1270. The zero-order chi connectivity index (χ0) is 21.3. The first kappa shape index (κ1) is 20.0. The summed E-state index contributed by atoms with van der Waals surface area (Å²) in [6.07, 6.45) is 0. The molecule has 4 aromatic rings. The van der Waals surface area contributed by atoms with Gasteiger partial charge in [-0.05, 0) is 55.5 Å². The maximum Gasteiger partial charge on any atom is 0.266 e. The number of nitrogens with zero attached hydrogens (tertiary/aromatic N) is 3. The molecule has 5 nitrogen and oxygen atoms in total. The Balaban J connectivity index is 1.85. The van der Waals surface area contributed by atoms with E-state index in [1.807, 2.05) is 67.6 Å². The van der Waals surface area contributed by atoms with Crippen LogP contribution in [-0.4, -0.2) is 27.4 Å². The van der Waals surface area contributed by atoms with Crippen molar-refractivity contribution >= 4 is 32.7 Å². The van der Waals surface area contributed by atoms with Gasteiger partial charge >= 0.3 is 0 Å². The van der Waals surface area contributed by atoms with Crippen molar-refractivity contribution in [2.45, 2.75) is 13.0 Å². The number of rotatable bonds is 4. The third-order valence-electron chi connectivity index (χ3n) is 5.18. The van der Waals surface area contributed by atoms with Crippen LogP contribution in [0, 0.1) is 0 Å². The van der Waals surface area contributed by atoms with Gasteiger partial charge < -0.3 is 4.90 Å². The molecule has 0 aliphatic heterocycles. The fourth-order valence-electron chi connectivity index (χ4n) is 3.40. The van der Waals surface area contributed by atoms with E-state index in [9.17, 15) is 9.59 Å². The van der Waals surface area contributed by atoms with Crippen LogP contribution in [0.25, 0.3) is 16.6 Å². The minimum absolute atomic E-state index is 0.142. The second-order valence-corrected chi connectivity index (χ2v) is 7.98. The summed E-state index contributed by atoms with van der Waals surface area (Å²) in [5.74, 6) is 0.370. The summed E-state index contributed by atoms with van der Waals surface area (Å²) in [4.78, 5) is 32.8. The molecule has 0 spiro atoms. The summed E-state index contributed by atoms with van der Waals surface area (Å²) in [7, 11) is 1.73. The van der Waals surface area contributed by atoms with E-state index in [0.717, 1.165) is 4.47 Å². The highest BCUT2D eigenvalue weighted by Crippen LogP contribution is 2.23. The molecular formula is C24H20BrN3O2. The fourth-order valence-corrected chi connectivity index (χ4v) is 3.67. The van der Waals surface area contributed by atoms with Crippen molar-refractivity contribution in [1.29, 1.82) is 0 Å². The average molecular weight is 462 g/mol. The van der Waals surface area contributed by atoms with Crippen LogP contribution in [0.2, 0.25) is 0 Å². The van der Waals surface area contributed by atoms with E-state index in [1.54, 1.807) is 34.7 Å². The smallest absolute Gasteiger partial charge is 0.266 e. The molecule has 1 atom stereocenters. The van der Waals surface area contributed by atoms with Crippen LogP contribution in [0.5, 0.6) is 0 Å². The van der Waals surface area contributed by atoms with Crippen molar-refractivity contribution in [1.82, 2.24) is 14.5 Å². The second kappa shape index (κ2) is 8.24. The molecule has 0 aliphatic carbocycles. The Labute approximate surface area is 182 Å². The molecule has 0 bridgehead atoms. The predicted molar refractivity (Wildman–Crippen MR) is 122 cm³/mol. The summed E-state index contributed by atoms with van der Waals surface area (Å²) < 4.78 is 2.50. The number of benzene rings is 3. The number of halogens is 1. The van der Waals surface area contributed by atoms with E-state index in [2.05, 4.69) is 15.9 Å².